The van der Waals surface area contributed by atoms with Crippen molar-refractivity contribution in [3.63, 3.8) is 0 Å². The molecule has 1 aliphatic heterocycles. The highest BCUT2D eigenvalue weighted by Crippen LogP contribution is 2.30. The fourth-order valence-corrected chi connectivity index (χ4v) is 3.32. The summed E-state index contributed by atoms with van der Waals surface area (Å²) < 4.78 is 6.25. The van der Waals surface area contributed by atoms with Crippen LogP contribution in [0.25, 0.3) is 10.9 Å². The molecule has 0 spiro atoms. The number of nitrogens with two attached hydrogens (primary N) is 1. The molecule has 0 radical (unpaired) electrons. The molecule has 0 amide bonds. The van der Waals surface area contributed by atoms with Gasteiger partial charge in [0.2, 0.25) is 0 Å². The minimum absolute atomic E-state index is 0.197. The highest BCUT2D eigenvalue weighted by molar-refractivity contribution is 5.94. The molecule has 2 aromatic carbocycles. The number of pyridine rings is 1. The molecule has 1 atom stereocenters. The molecule has 1 saturated heterocycles. The third-order valence-electron chi connectivity index (χ3n) is 4.54. The van der Waals surface area contributed by atoms with Crippen LogP contribution in [0.5, 0.6) is 5.75 Å². The zero-order valence-electron chi connectivity index (χ0n) is 13.6. The molecule has 24 heavy (non-hydrogen) atoms. The first-order chi connectivity index (χ1) is 11.8. The number of ether oxygens (including phenoxy) is 1. The maximum Gasteiger partial charge on any atom is 0.146 e. The Labute approximate surface area is 141 Å². The minimum atomic E-state index is 0.197. The number of anilines is 1. The second-order valence-corrected chi connectivity index (χ2v) is 6.30. The van der Waals surface area contributed by atoms with E-state index in [1.54, 1.807) is 6.20 Å². The van der Waals surface area contributed by atoms with Gasteiger partial charge in [-0.05, 0) is 36.2 Å². The van der Waals surface area contributed by atoms with Gasteiger partial charge in [0, 0.05) is 36.9 Å². The normalized spacial score (nSPS) is 18.1. The highest BCUT2D eigenvalue weighted by Gasteiger charge is 2.24. The van der Waals surface area contributed by atoms with E-state index in [0.29, 0.717) is 0 Å². The van der Waals surface area contributed by atoms with Crippen LogP contribution in [-0.4, -0.2) is 29.1 Å². The lowest BCUT2D eigenvalue weighted by Gasteiger charge is -2.18. The molecule has 122 valence electrons. The van der Waals surface area contributed by atoms with Gasteiger partial charge >= 0.3 is 0 Å². The molecule has 0 saturated carbocycles. The van der Waals surface area contributed by atoms with E-state index in [2.05, 4.69) is 40.2 Å². The second-order valence-electron chi connectivity index (χ2n) is 6.30. The van der Waals surface area contributed by atoms with Gasteiger partial charge in [0.25, 0.3) is 0 Å². The topological polar surface area (TPSA) is 51.4 Å². The quantitative estimate of drug-likeness (QED) is 0.748. The molecule has 0 bridgehead atoms. The summed E-state index contributed by atoms with van der Waals surface area (Å²) in [5, 5.41) is 0.953. The summed E-state index contributed by atoms with van der Waals surface area (Å²) in [6, 6.07) is 18.3. The van der Waals surface area contributed by atoms with Crippen molar-refractivity contribution >= 4 is 16.6 Å². The van der Waals surface area contributed by atoms with Crippen molar-refractivity contribution in [3.05, 3.63) is 66.4 Å². The van der Waals surface area contributed by atoms with Gasteiger partial charge in [0.05, 0.1) is 0 Å². The molecular formula is C20H21N3O. The Morgan fingerprint density at radius 1 is 1.08 bits per heavy atom. The monoisotopic (exact) mass is 319 g/mol. The van der Waals surface area contributed by atoms with Crippen LogP contribution in [0.4, 0.5) is 5.69 Å². The van der Waals surface area contributed by atoms with Crippen molar-refractivity contribution in [2.45, 2.75) is 19.1 Å². The molecule has 3 aromatic rings. The Bertz CT molecular complexity index is 835. The molecule has 4 nitrogen and oxygen atoms in total. The summed E-state index contributed by atoms with van der Waals surface area (Å²) in [5.74, 6) is 0.825. The van der Waals surface area contributed by atoms with Gasteiger partial charge in [0.1, 0.15) is 17.4 Å². The van der Waals surface area contributed by atoms with E-state index >= 15 is 0 Å². The molecule has 1 unspecified atom stereocenters. The van der Waals surface area contributed by atoms with Crippen molar-refractivity contribution in [1.29, 1.82) is 0 Å². The van der Waals surface area contributed by atoms with Gasteiger partial charge in [-0.15, -0.1) is 0 Å². The summed E-state index contributed by atoms with van der Waals surface area (Å²) >= 11 is 0. The van der Waals surface area contributed by atoms with Crippen molar-refractivity contribution in [1.82, 2.24) is 9.88 Å². The average Bonchev–Trinajstić information content (AvgIpc) is 3.05. The SMILES string of the molecule is Nc1ccc(OC2CCN(Cc3ccccc3)C2)c2ncccc12. The number of rotatable bonds is 4. The fraction of sp³-hybridized carbons (Fsp3) is 0.250. The predicted molar refractivity (Wildman–Crippen MR) is 96.9 cm³/mol. The third-order valence-corrected chi connectivity index (χ3v) is 4.54. The van der Waals surface area contributed by atoms with Crippen LogP contribution in [0.2, 0.25) is 0 Å². The Kier molecular flexibility index (Phi) is 4.05. The lowest BCUT2D eigenvalue weighted by molar-refractivity contribution is 0.200. The summed E-state index contributed by atoms with van der Waals surface area (Å²) in [4.78, 5) is 6.89. The summed E-state index contributed by atoms with van der Waals surface area (Å²) in [5.41, 5.74) is 8.97. The molecular weight excluding hydrogens is 298 g/mol. The van der Waals surface area contributed by atoms with Gasteiger partial charge in [0.15, 0.2) is 0 Å². The van der Waals surface area contributed by atoms with Gasteiger partial charge < -0.3 is 10.5 Å². The molecule has 2 N–H and O–H groups in total. The number of nitrogens with zero attached hydrogens (tertiary/aromatic N) is 2. The Morgan fingerprint density at radius 3 is 2.83 bits per heavy atom. The number of hydrogen-bond donors (Lipinski definition) is 1. The first-order valence-electron chi connectivity index (χ1n) is 8.36. The van der Waals surface area contributed by atoms with Crippen molar-refractivity contribution in [2.75, 3.05) is 18.8 Å². The van der Waals surface area contributed by atoms with Crippen molar-refractivity contribution in [2.24, 2.45) is 0 Å². The Morgan fingerprint density at radius 2 is 1.96 bits per heavy atom. The molecule has 1 aromatic heterocycles. The smallest absolute Gasteiger partial charge is 0.146 e. The first kappa shape index (κ1) is 15.0. The van der Waals surface area contributed by atoms with E-state index in [4.69, 9.17) is 10.5 Å². The zero-order valence-corrected chi connectivity index (χ0v) is 13.6. The van der Waals surface area contributed by atoms with E-state index in [-0.39, 0.29) is 6.10 Å². The van der Waals surface area contributed by atoms with Crippen LogP contribution in [0.15, 0.2) is 60.8 Å². The number of likely N-dealkylation sites (tertiary alicyclic amines) is 1. The molecule has 4 heteroatoms. The molecule has 4 rings (SSSR count). The fourth-order valence-electron chi connectivity index (χ4n) is 3.32. The van der Waals surface area contributed by atoms with Gasteiger partial charge in [-0.25, -0.2) is 0 Å². The van der Waals surface area contributed by atoms with Crippen LogP contribution < -0.4 is 10.5 Å². The molecule has 0 aliphatic carbocycles. The maximum absolute atomic E-state index is 6.25. The number of benzene rings is 2. The number of nitrogen functional groups attached to an aromatic ring is 1. The number of fused-ring (bicyclic) bond motifs is 1. The Hall–Kier alpha value is -2.59. The van der Waals surface area contributed by atoms with Crippen LogP contribution in [0.1, 0.15) is 12.0 Å². The van der Waals surface area contributed by atoms with E-state index in [0.717, 1.165) is 48.4 Å². The number of hydrogen-bond acceptors (Lipinski definition) is 4. The molecule has 1 fully saturated rings. The van der Waals surface area contributed by atoms with E-state index in [1.807, 2.05) is 24.3 Å². The second kappa shape index (κ2) is 6.49. The largest absolute Gasteiger partial charge is 0.487 e. The maximum atomic E-state index is 6.25. The summed E-state index contributed by atoms with van der Waals surface area (Å²) in [6.07, 6.45) is 3.01. The molecule has 2 heterocycles. The standard InChI is InChI=1S/C20H21N3O/c21-18-8-9-19(20-17(18)7-4-11-22-20)24-16-10-12-23(14-16)13-15-5-2-1-3-6-15/h1-9,11,16H,10,12-14,21H2. The predicted octanol–water partition coefficient (Wildman–Crippen LogP) is 3.47. The first-order valence-corrected chi connectivity index (χ1v) is 8.36. The summed E-state index contributed by atoms with van der Waals surface area (Å²) in [7, 11) is 0. The van der Waals surface area contributed by atoms with Crippen LogP contribution in [0.3, 0.4) is 0 Å². The Balaban J connectivity index is 1.46. The van der Waals surface area contributed by atoms with E-state index in [9.17, 15) is 0 Å². The number of aromatic nitrogens is 1. The average molecular weight is 319 g/mol. The highest BCUT2D eigenvalue weighted by atomic mass is 16.5. The molecule has 1 aliphatic rings. The van der Waals surface area contributed by atoms with Crippen LogP contribution in [-0.2, 0) is 6.54 Å². The van der Waals surface area contributed by atoms with Crippen LogP contribution >= 0.6 is 0 Å². The van der Waals surface area contributed by atoms with E-state index in [1.165, 1.54) is 5.56 Å². The van der Waals surface area contributed by atoms with Crippen LogP contribution in [0, 0.1) is 0 Å². The van der Waals surface area contributed by atoms with Crippen molar-refractivity contribution in [3.8, 4) is 5.75 Å². The van der Waals surface area contributed by atoms with Gasteiger partial charge in [-0.3, -0.25) is 9.88 Å². The lowest BCUT2D eigenvalue weighted by atomic mass is 10.1. The van der Waals surface area contributed by atoms with E-state index < -0.39 is 0 Å². The summed E-state index contributed by atoms with van der Waals surface area (Å²) in [6.45, 7) is 2.97. The minimum Gasteiger partial charge on any atom is -0.487 e. The third kappa shape index (κ3) is 3.05. The van der Waals surface area contributed by atoms with Gasteiger partial charge in [-0.2, -0.15) is 0 Å². The zero-order chi connectivity index (χ0) is 16.4. The lowest BCUT2D eigenvalue weighted by Crippen LogP contribution is -2.24. The van der Waals surface area contributed by atoms with Crippen molar-refractivity contribution < 1.29 is 4.74 Å². The van der Waals surface area contributed by atoms with Gasteiger partial charge in [-0.1, -0.05) is 30.3 Å².